The Labute approximate surface area is 159 Å². The van der Waals surface area contributed by atoms with Crippen LogP contribution in [0.1, 0.15) is 24.0 Å². The number of aromatic nitrogens is 2. The summed E-state index contributed by atoms with van der Waals surface area (Å²) in [6, 6.07) is 6.63. The number of halogens is 3. The van der Waals surface area contributed by atoms with E-state index >= 15 is 0 Å². The molecule has 0 atom stereocenters. The summed E-state index contributed by atoms with van der Waals surface area (Å²) in [6.45, 7) is 0.604. The van der Waals surface area contributed by atoms with Crippen LogP contribution >= 0.6 is 0 Å². The summed E-state index contributed by atoms with van der Waals surface area (Å²) >= 11 is 0. The SMILES string of the molecule is Nc1cc(N2CCC(Cc3ccccc3C(F)(F)F)(C(=O)O)CC2)nc(N)n1. The zero-order chi connectivity index (χ0) is 20.5. The molecule has 1 aliphatic rings. The molecule has 150 valence electrons. The van der Waals surface area contributed by atoms with Gasteiger partial charge in [0.05, 0.1) is 11.0 Å². The van der Waals surface area contributed by atoms with Crippen molar-refractivity contribution in [3.8, 4) is 0 Å². The fourth-order valence-electron chi connectivity index (χ4n) is 3.58. The van der Waals surface area contributed by atoms with Crippen LogP contribution in [0.5, 0.6) is 0 Å². The molecule has 1 fully saturated rings. The highest BCUT2D eigenvalue weighted by molar-refractivity contribution is 5.76. The van der Waals surface area contributed by atoms with Gasteiger partial charge in [-0.3, -0.25) is 4.79 Å². The molecule has 2 aromatic rings. The van der Waals surface area contributed by atoms with E-state index in [1.165, 1.54) is 24.3 Å². The number of carbonyl (C=O) groups is 1. The van der Waals surface area contributed by atoms with Crippen LogP contribution in [-0.2, 0) is 17.4 Å². The van der Waals surface area contributed by atoms with Crippen LogP contribution in [0, 0.1) is 5.41 Å². The molecule has 0 bridgehead atoms. The van der Waals surface area contributed by atoms with Crippen LogP contribution in [0.25, 0.3) is 0 Å². The third-order valence-electron chi connectivity index (χ3n) is 5.10. The normalized spacial score (nSPS) is 16.8. The number of hydrogen-bond donors (Lipinski definition) is 3. The lowest BCUT2D eigenvalue weighted by atomic mass is 9.73. The minimum atomic E-state index is -4.53. The molecule has 0 amide bonds. The smallest absolute Gasteiger partial charge is 0.416 e. The summed E-state index contributed by atoms with van der Waals surface area (Å²) in [6.07, 6.45) is -4.40. The Morgan fingerprint density at radius 1 is 1.18 bits per heavy atom. The molecular weight excluding hydrogens is 375 g/mol. The quantitative estimate of drug-likeness (QED) is 0.728. The van der Waals surface area contributed by atoms with Gasteiger partial charge in [0.1, 0.15) is 11.6 Å². The highest BCUT2D eigenvalue weighted by Gasteiger charge is 2.44. The van der Waals surface area contributed by atoms with Gasteiger partial charge in [0.25, 0.3) is 0 Å². The van der Waals surface area contributed by atoms with Crippen LogP contribution in [0.15, 0.2) is 30.3 Å². The van der Waals surface area contributed by atoms with Gasteiger partial charge in [-0.15, -0.1) is 0 Å². The van der Waals surface area contributed by atoms with Gasteiger partial charge in [-0.2, -0.15) is 23.1 Å². The van der Waals surface area contributed by atoms with Gasteiger partial charge in [0.2, 0.25) is 5.95 Å². The first kappa shape index (κ1) is 19.7. The van der Waals surface area contributed by atoms with E-state index in [1.54, 1.807) is 0 Å². The molecule has 1 aliphatic heterocycles. The minimum Gasteiger partial charge on any atom is -0.481 e. The Hall–Kier alpha value is -3.04. The molecule has 0 radical (unpaired) electrons. The summed E-state index contributed by atoms with van der Waals surface area (Å²) in [4.78, 5) is 21.7. The predicted molar refractivity (Wildman–Crippen MR) is 97.5 cm³/mol. The van der Waals surface area contributed by atoms with Crippen molar-refractivity contribution in [2.45, 2.75) is 25.4 Å². The summed E-state index contributed by atoms with van der Waals surface area (Å²) in [5.74, 6) is -0.439. The Kier molecular flexibility index (Phi) is 5.05. The van der Waals surface area contributed by atoms with E-state index in [1.807, 2.05) is 4.90 Å². The number of carboxylic acids is 1. The molecule has 28 heavy (non-hydrogen) atoms. The van der Waals surface area contributed by atoms with Crippen LogP contribution in [0.2, 0.25) is 0 Å². The number of piperidine rings is 1. The lowest BCUT2D eigenvalue weighted by molar-refractivity contribution is -0.151. The van der Waals surface area contributed by atoms with Crippen molar-refractivity contribution in [1.29, 1.82) is 0 Å². The van der Waals surface area contributed by atoms with Crippen molar-refractivity contribution in [2.24, 2.45) is 5.41 Å². The molecule has 3 rings (SSSR count). The molecule has 0 saturated carbocycles. The fourth-order valence-corrected chi connectivity index (χ4v) is 3.58. The first-order chi connectivity index (χ1) is 13.1. The van der Waals surface area contributed by atoms with E-state index in [0.29, 0.717) is 18.9 Å². The second-order valence-corrected chi connectivity index (χ2v) is 6.91. The molecule has 1 aromatic heterocycles. The maximum atomic E-state index is 13.3. The summed E-state index contributed by atoms with van der Waals surface area (Å²) in [7, 11) is 0. The second kappa shape index (κ2) is 7.17. The topological polar surface area (TPSA) is 118 Å². The first-order valence-electron chi connectivity index (χ1n) is 8.64. The van der Waals surface area contributed by atoms with Crippen LogP contribution < -0.4 is 16.4 Å². The van der Waals surface area contributed by atoms with E-state index in [2.05, 4.69) is 9.97 Å². The zero-order valence-corrected chi connectivity index (χ0v) is 14.9. The van der Waals surface area contributed by atoms with Crippen molar-refractivity contribution in [2.75, 3.05) is 29.5 Å². The summed E-state index contributed by atoms with van der Waals surface area (Å²) < 4.78 is 39.9. The highest BCUT2D eigenvalue weighted by Crippen LogP contribution is 2.40. The van der Waals surface area contributed by atoms with Crippen molar-refractivity contribution in [3.05, 3.63) is 41.5 Å². The highest BCUT2D eigenvalue weighted by atomic mass is 19.4. The van der Waals surface area contributed by atoms with Gasteiger partial charge in [-0.25, -0.2) is 0 Å². The van der Waals surface area contributed by atoms with Crippen molar-refractivity contribution < 1.29 is 23.1 Å². The van der Waals surface area contributed by atoms with Gasteiger partial charge in [0.15, 0.2) is 0 Å². The molecular formula is C18H20F3N5O2. The van der Waals surface area contributed by atoms with E-state index in [-0.39, 0.29) is 36.6 Å². The first-order valence-corrected chi connectivity index (χ1v) is 8.64. The fraction of sp³-hybridized carbons (Fsp3) is 0.389. The van der Waals surface area contributed by atoms with Gasteiger partial charge in [0, 0.05) is 19.2 Å². The Balaban J connectivity index is 1.84. The minimum absolute atomic E-state index is 0.00387. The molecule has 0 unspecified atom stereocenters. The largest absolute Gasteiger partial charge is 0.481 e. The number of carboxylic acid groups (broad SMARTS) is 1. The number of nitrogen functional groups attached to an aromatic ring is 2. The van der Waals surface area contributed by atoms with E-state index < -0.39 is 23.1 Å². The predicted octanol–water partition coefficient (Wildman–Crippen LogP) is 2.57. The number of alkyl halides is 3. The lowest BCUT2D eigenvalue weighted by Gasteiger charge is -2.39. The van der Waals surface area contributed by atoms with E-state index in [9.17, 15) is 23.1 Å². The van der Waals surface area contributed by atoms with Crippen LogP contribution in [0.3, 0.4) is 0 Å². The third-order valence-corrected chi connectivity index (χ3v) is 5.10. The summed E-state index contributed by atoms with van der Waals surface area (Å²) in [5.41, 5.74) is 9.17. The standard InChI is InChI=1S/C18H20F3N5O2/c19-18(20,21)12-4-2-1-3-11(12)10-17(15(27)28)5-7-26(8-6-17)14-9-13(22)24-16(23)25-14/h1-4,9H,5-8,10H2,(H,27,28)(H4,22,23,24,25). The average molecular weight is 395 g/mol. The maximum absolute atomic E-state index is 13.3. The summed E-state index contributed by atoms with van der Waals surface area (Å²) in [5, 5.41) is 9.82. The van der Waals surface area contributed by atoms with Crippen LogP contribution in [-0.4, -0.2) is 34.1 Å². The molecule has 1 aromatic carbocycles. The number of nitrogens with two attached hydrogens (primary N) is 2. The van der Waals surface area contributed by atoms with Gasteiger partial charge < -0.3 is 21.5 Å². The number of benzene rings is 1. The van der Waals surface area contributed by atoms with Gasteiger partial charge in [-0.1, -0.05) is 18.2 Å². The molecule has 5 N–H and O–H groups in total. The Morgan fingerprint density at radius 3 is 2.39 bits per heavy atom. The zero-order valence-electron chi connectivity index (χ0n) is 14.9. The molecule has 10 heteroatoms. The maximum Gasteiger partial charge on any atom is 0.416 e. The number of aliphatic carboxylic acids is 1. The Bertz CT molecular complexity index is 860. The number of anilines is 3. The Morgan fingerprint density at radius 2 is 1.82 bits per heavy atom. The molecule has 1 saturated heterocycles. The van der Waals surface area contributed by atoms with Gasteiger partial charge >= 0.3 is 12.1 Å². The van der Waals surface area contributed by atoms with Crippen molar-refractivity contribution in [1.82, 2.24) is 9.97 Å². The van der Waals surface area contributed by atoms with E-state index in [4.69, 9.17) is 11.5 Å². The third kappa shape index (κ3) is 3.95. The number of hydrogen-bond acceptors (Lipinski definition) is 6. The molecule has 2 heterocycles. The lowest BCUT2D eigenvalue weighted by Crippen LogP contribution is -2.46. The monoisotopic (exact) mass is 395 g/mol. The molecule has 0 aliphatic carbocycles. The van der Waals surface area contributed by atoms with E-state index in [0.717, 1.165) is 6.07 Å². The van der Waals surface area contributed by atoms with Crippen molar-refractivity contribution in [3.63, 3.8) is 0 Å². The molecule has 0 spiro atoms. The second-order valence-electron chi connectivity index (χ2n) is 6.91. The van der Waals surface area contributed by atoms with Crippen LogP contribution in [0.4, 0.5) is 30.8 Å². The number of rotatable bonds is 4. The average Bonchev–Trinajstić information content (AvgIpc) is 2.61. The van der Waals surface area contributed by atoms with Crippen molar-refractivity contribution >= 4 is 23.6 Å². The number of nitrogens with zero attached hydrogens (tertiary/aromatic N) is 3. The molecule has 7 nitrogen and oxygen atoms in total. The van der Waals surface area contributed by atoms with Gasteiger partial charge in [-0.05, 0) is 30.9 Å².